The second kappa shape index (κ2) is 16.5. The highest BCUT2D eigenvalue weighted by atomic mass is 16.5. The molecule has 1 saturated carbocycles. The van der Waals surface area contributed by atoms with Crippen LogP contribution in [0.2, 0.25) is 0 Å². The number of fused-ring (bicyclic) bond motifs is 2. The number of carbonyl (C=O) groups excluding carboxylic acids is 4. The van der Waals surface area contributed by atoms with Crippen LogP contribution in [0, 0.1) is 23.7 Å². The number of benzene rings is 2. The predicted molar refractivity (Wildman–Crippen MR) is 214 cm³/mol. The van der Waals surface area contributed by atoms with E-state index in [1.807, 2.05) is 45.0 Å². The number of hydrogen-bond acceptors (Lipinski definition) is 8. The number of allylic oxidation sites excluding steroid dienone is 1. The number of rotatable bonds is 12. The minimum Gasteiger partial charge on any atom is -0.469 e. The van der Waals surface area contributed by atoms with Crippen molar-refractivity contribution < 1.29 is 28.7 Å². The van der Waals surface area contributed by atoms with Crippen LogP contribution < -0.4 is 5.32 Å². The molecule has 1 aliphatic carbocycles. The summed E-state index contributed by atoms with van der Waals surface area (Å²) in [4.78, 5) is 68.7. The normalized spacial score (nSPS) is 22.6. The Kier molecular flexibility index (Phi) is 11.5. The molecule has 7 rings (SSSR count). The molecule has 296 valence electrons. The van der Waals surface area contributed by atoms with Gasteiger partial charge in [0.05, 0.1) is 50.5 Å². The van der Waals surface area contributed by atoms with E-state index < -0.39 is 18.1 Å². The van der Waals surface area contributed by atoms with Gasteiger partial charge in [0.25, 0.3) is 0 Å². The number of aliphatic imine (C=N–C) groups is 1. The largest absolute Gasteiger partial charge is 0.469 e. The number of aromatic amines is 1. The number of carbonyl (C=O) groups is 4. The molecule has 4 heterocycles. The summed E-state index contributed by atoms with van der Waals surface area (Å²) in [5, 5.41) is 2.70. The Morgan fingerprint density at radius 2 is 1.54 bits per heavy atom. The maximum atomic E-state index is 14.0. The summed E-state index contributed by atoms with van der Waals surface area (Å²) in [5.41, 5.74) is 7.35. The molecule has 2 bridgehead atoms. The lowest BCUT2D eigenvalue weighted by atomic mass is 9.87. The Hall–Kier alpha value is -5.26. The highest BCUT2D eigenvalue weighted by molar-refractivity contribution is 6.04. The molecule has 3 aromatic rings. The van der Waals surface area contributed by atoms with E-state index >= 15 is 0 Å². The lowest BCUT2D eigenvalue weighted by Crippen LogP contribution is -2.52. The maximum Gasteiger partial charge on any atom is 0.407 e. The van der Waals surface area contributed by atoms with Crippen molar-refractivity contribution in [3.8, 4) is 22.4 Å². The van der Waals surface area contributed by atoms with Crippen molar-refractivity contribution >= 4 is 35.2 Å². The Bertz CT molecular complexity index is 2000. The zero-order valence-corrected chi connectivity index (χ0v) is 33.3. The first kappa shape index (κ1) is 39.0. The average Bonchev–Trinajstić information content (AvgIpc) is 4.06. The van der Waals surface area contributed by atoms with Crippen molar-refractivity contribution in [2.75, 3.05) is 20.8 Å². The Morgan fingerprint density at radius 1 is 0.857 bits per heavy atom. The minimum atomic E-state index is -0.682. The molecule has 1 aromatic heterocycles. The fraction of sp³-hybridized carbons (Fsp3) is 0.500. The van der Waals surface area contributed by atoms with Crippen LogP contribution in [0.3, 0.4) is 0 Å². The van der Waals surface area contributed by atoms with Crippen LogP contribution in [0.15, 0.2) is 65.9 Å². The molecule has 3 amide bonds. The molecule has 2 aromatic carbocycles. The van der Waals surface area contributed by atoms with Gasteiger partial charge in [0, 0.05) is 30.9 Å². The molecule has 12 nitrogen and oxygen atoms in total. The third-order valence-electron chi connectivity index (χ3n) is 12.3. The number of hydrogen-bond donors (Lipinski definition) is 2. The molecule has 0 unspecified atom stereocenters. The second-order valence-electron chi connectivity index (χ2n) is 16.4. The zero-order valence-electron chi connectivity index (χ0n) is 33.3. The monoisotopic (exact) mass is 762 g/mol. The van der Waals surface area contributed by atoms with Crippen molar-refractivity contribution in [1.29, 1.82) is 0 Å². The maximum absolute atomic E-state index is 14.0. The number of ether oxygens (including phenoxy) is 2. The lowest BCUT2D eigenvalue weighted by molar-refractivity contribution is -0.149. The van der Waals surface area contributed by atoms with Crippen LogP contribution in [-0.2, 0) is 23.9 Å². The molecule has 0 radical (unpaired) electrons. The fourth-order valence-electron chi connectivity index (χ4n) is 9.17. The highest BCUT2D eigenvalue weighted by Gasteiger charge is 2.52. The van der Waals surface area contributed by atoms with E-state index in [0.29, 0.717) is 18.9 Å². The number of likely N-dealkylation sites (tertiary alicyclic amines) is 2. The molecule has 4 aliphatic rings. The first-order chi connectivity index (χ1) is 27.0. The van der Waals surface area contributed by atoms with Gasteiger partial charge in [0.1, 0.15) is 11.9 Å². The summed E-state index contributed by atoms with van der Waals surface area (Å²) >= 11 is 0. The van der Waals surface area contributed by atoms with Crippen LogP contribution in [-0.4, -0.2) is 88.2 Å². The third-order valence-corrected chi connectivity index (χ3v) is 12.3. The third kappa shape index (κ3) is 7.75. The number of nitrogens with one attached hydrogen (secondary N) is 2. The second-order valence-corrected chi connectivity index (χ2v) is 16.4. The number of alkyl carbamates (subject to hydrolysis) is 1. The van der Waals surface area contributed by atoms with E-state index in [-0.39, 0.29) is 54.2 Å². The number of H-pyrrole nitrogens is 1. The standard InChI is InChI=1S/C44H54N6O6/c1-25(2)34(22-38(51)55-5)42(52)50-33-18-17-31(20-33)40(50)35-21-32(23-45-35)29-11-9-27(10-12-29)28-13-15-30(16-14-28)36-24-46-41(47-36)37-8-7-19-49(37)43(53)39(26(3)4)48-44(54)56-6/h9-16,23-26,31,33-34,37,39-40H,7-8,17-22H2,1-6H3,(H,46,47)(H,48,54)/t31-,33+,34+,37+,39+,40-/m1/s1. The molecule has 0 spiro atoms. The zero-order chi connectivity index (χ0) is 39.7. The number of imidazole rings is 1. The molecule has 6 atom stereocenters. The van der Waals surface area contributed by atoms with Gasteiger partial charge in [-0.2, -0.15) is 0 Å². The summed E-state index contributed by atoms with van der Waals surface area (Å²) in [7, 11) is 2.67. The Morgan fingerprint density at radius 3 is 2.18 bits per heavy atom. The van der Waals surface area contributed by atoms with Gasteiger partial charge in [-0.1, -0.05) is 76.2 Å². The van der Waals surface area contributed by atoms with Gasteiger partial charge >= 0.3 is 12.1 Å². The van der Waals surface area contributed by atoms with E-state index in [4.69, 9.17) is 14.5 Å². The quantitative estimate of drug-likeness (QED) is 0.186. The van der Waals surface area contributed by atoms with E-state index in [2.05, 4.69) is 68.7 Å². The summed E-state index contributed by atoms with van der Waals surface area (Å²) in [6.45, 7) is 8.42. The van der Waals surface area contributed by atoms with Crippen molar-refractivity contribution in [1.82, 2.24) is 25.1 Å². The molecule has 12 heteroatoms. The molecular formula is C44H54N6O6. The Labute approximate surface area is 329 Å². The van der Waals surface area contributed by atoms with Crippen LogP contribution in [0.25, 0.3) is 28.0 Å². The molecule has 56 heavy (non-hydrogen) atoms. The van der Waals surface area contributed by atoms with Gasteiger partial charge in [-0.3, -0.25) is 19.4 Å². The topological polar surface area (TPSA) is 146 Å². The summed E-state index contributed by atoms with van der Waals surface area (Å²) in [5.74, 6) is 0.243. The number of piperidine rings is 1. The molecule has 2 saturated heterocycles. The summed E-state index contributed by atoms with van der Waals surface area (Å²) < 4.78 is 9.70. The van der Waals surface area contributed by atoms with Crippen LogP contribution in [0.4, 0.5) is 4.79 Å². The van der Waals surface area contributed by atoms with Gasteiger partial charge in [0.2, 0.25) is 11.8 Å². The fourth-order valence-corrected chi connectivity index (χ4v) is 9.17. The van der Waals surface area contributed by atoms with Crippen LogP contribution >= 0.6 is 0 Å². The van der Waals surface area contributed by atoms with E-state index in [9.17, 15) is 19.2 Å². The summed E-state index contributed by atoms with van der Waals surface area (Å²) in [6, 6.07) is 16.2. The smallest absolute Gasteiger partial charge is 0.407 e. The SMILES string of the molecule is COC(=O)C[C@H](C(=O)N1[C@H]2CC[C@H](C2)[C@@H]1C1=NC=C(c2ccc(-c3ccc(-c4cnc([C@@H]5CCCN5C(=O)[C@@H](NC(=O)OC)C(C)C)[nH]4)cc3)cc2)C1)C(C)C. The number of amides is 3. The van der Waals surface area contributed by atoms with Gasteiger partial charge in [0.15, 0.2) is 0 Å². The lowest BCUT2D eigenvalue weighted by Gasteiger charge is -2.38. The van der Waals surface area contributed by atoms with E-state index in [1.165, 1.54) is 14.2 Å². The van der Waals surface area contributed by atoms with Crippen molar-refractivity contribution in [3.63, 3.8) is 0 Å². The molecular weight excluding hydrogens is 709 g/mol. The first-order valence-electron chi connectivity index (χ1n) is 20.0. The van der Waals surface area contributed by atoms with Gasteiger partial charge < -0.3 is 29.6 Å². The predicted octanol–water partition coefficient (Wildman–Crippen LogP) is 7.19. The van der Waals surface area contributed by atoms with Gasteiger partial charge in [-0.15, -0.1) is 0 Å². The molecule has 2 N–H and O–H groups in total. The van der Waals surface area contributed by atoms with Crippen LogP contribution in [0.5, 0.6) is 0 Å². The first-order valence-corrected chi connectivity index (χ1v) is 20.0. The average molecular weight is 763 g/mol. The van der Waals surface area contributed by atoms with E-state index in [0.717, 1.165) is 77.2 Å². The number of methoxy groups -OCH3 is 2. The molecule has 3 aliphatic heterocycles. The van der Waals surface area contributed by atoms with Gasteiger partial charge in [-0.25, -0.2) is 9.78 Å². The van der Waals surface area contributed by atoms with Crippen molar-refractivity contribution in [2.24, 2.45) is 28.7 Å². The van der Waals surface area contributed by atoms with Gasteiger partial charge in [-0.05, 0) is 77.7 Å². The number of esters is 1. The highest BCUT2D eigenvalue weighted by Crippen LogP contribution is 2.46. The Balaban J connectivity index is 0.987. The number of aromatic nitrogens is 2. The molecule has 3 fully saturated rings. The van der Waals surface area contributed by atoms with E-state index in [1.54, 1.807) is 0 Å². The van der Waals surface area contributed by atoms with Crippen LogP contribution in [0.1, 0.15) is 90.1 Å². The minimum absolute atomic E-state index is 0.0233. The van der Waals surface area contributed by atoms with Crippen molar-refractivity contribution in [3.05, 3.63) is 72.3 Å². The summed E-state index contributed by atoms with van der Waals surface area (Å²) in [6.07, 6.45) is 8.72. The number of nitrogens with zero attached hydrogens (tertiary/aromatic N) is 4. The van der Waals surface area contributed by atoms with Crippen molar-refractivity contribution in [2.45, 2.75) is 96.8 Å².